The molecule has 72 valence electrons. The predicted octanol–water partition coefficient (Wildman–Crippen LogP) is 1.73. The number of nitrogens with zero attached hydrogens (tertiary/aromatic N) is 3. The molecule has 0 saturated heterocycles. The van der Waals surface area contributed by atoms with Crippen LogP contribution in [0.5, 0.6) is 0 Å². The Hall–Kier alpha value is -1.89. The average molecular weight is 188 g/mol. The Kier molecular flexibility index (Phi) is 4.15. The maximum Gasteiger partial charge on any atom is 0.224 e. The third-order valence-corrected chi connectivity index (χ3v) is 1.55. The van der Waals surface area contributed by atoms with E-state index in [1.54, 1.807) is 12.3 Å². The monoisotopic (exact) mass is 188 g/mol. The summed E-state index contributed by atoms with van der Waals surface area (Å²) in [5.41, 5.74) is 0.377. The van der Waals surface area contributed by atoms with Gasteiger partial charge in [-0.1, -0.05) is 19.1 Å². The minimum absolute atomic E-state index is 0.377. The van der Waals surface area contributed by atoms with Crippen molar-refractivity contribution in [1.29, 1.82) is 5.26 Å². The molecular formula is C10H12N4. The van der Waals surface area contributed by atoms with E-state index < -0.39 is 0 Å². The lowest BCUT2D eigenvalue weighted by Gasteiger charge is -1.99. The highest BCUT2D eigenvalue weighted by Gasteiger charge is 1.94. The Morgan fingerprint density at radius 2 is 2.43 bits per heavy atom. The molecule has 0 spiro atoms. The minimum atomic E-state index is 0.377. The summed E-state index contributed by atoms with van der Waals surface area (Å²) in [6, 6.07) is 3.54. The van der Waals surface area contributed by atoms with Crippen LogP contribution in [0.1, 0.15) is 19.0 Å². The number of nitrogens with one attached hydrogen (secondary N) is 1. The molecule has 0 aliphatic heterocycles. The van der Waals surface area contributed by atoms with E-state index in [0.29, 0.717) is 18.2 Å². The van der Waals surface area contributed by atoms with Crippen molar-refractivity contribution < 1.29 is 0 Å². The van der Waals surface area contributed by atoms with Crippen molar-refractivity contribution in [1.82, 2.24) is 9.97 Å². The molecule has 0 aliphatic carbocycles. The van der Waals surface area contributed by atoms with Crippen molar-refractivity contribution in [2.75, 3.05) is 11.9 Å². The van der Waals surface area contributed by atoms with Crippen LogP contribution in [0.3, 0.4) is 0 Å². The molecule has 4 heteroatoms. The van der Waals surface area contributed by atoms with Crippen molar-refractivity contribution in [3.05, 3.63) is 30.1 Å². The van der Waals surface area contributed by atoms with Gasteiger partial charge in [-0.15, -0.1) is 0 Å². The summed E-state index contributed by atoms with van der Waals surface area (Å²) in [7, 11) is 0. The Bertz CT molecular complexity index is 351. The van der Waals surface area contributed by atoms with Gasteiger partial charge in [0.25, 0.3) is 0 Å². The molecule has 1 aromatic rings. The van der Waals surface area contributed by atoms with Crippen LogP contribution < -0.4 is 5.32 Å². The Labute approximate surface area is 83.3 Å². The lowest BCUT2D eigenvalue weighted by Crippen LogP contribution is -2.03. The number of nitriles is 1. The van der Waals surface area contributed by atoms with Gasteiger partial charge < -0.3 is 5.32 Å². The lowest BCUT2D eigenvalue weighted by molar-refractivity contribution is 1.09. The maximum atomic E-state index is 8.59. The van der Waals surface area contributed by atoms with Crippen molar-refractivity contribution in [3.63, 3.8) is 0 Å². The third-order valence-electron chi connectivity index (χ3n) is 1.55. The number of anilines is 1. The highest BCUT2D eigenvalue weighted by molar-refractivity contribution is 5.30. The average Bonchev–Trinajstić information content (AvgIpc) is 2.25. The van der Waals surface area contributed by atoms with Gasteiger partial charge in [0.1, 0.15) is 11.8 Å². The largest absolute Gasteiger partial charge is 0.351 e. The van der Waals surface area contributed by atoms with Crippen molar-refractivity contribution >= 4 is 5.95 Å². The van der Waals surface area contributed by atoms with Gasteiger partial charge in [0, 0.05) is 12.7 Å². The fourth-order valence-electron chi connectivity index (χ4n) is 0.906. The summed E-state index contributed by atoms with van der Waals surface area (Å²) < 4.78 is 0. The molecule has 4 nitrogen and oxygen atoms in total. The van der Waals surface area contributed by atoms with Gasteiger partial charge in [0.15, 0.2) is 0 Å². The summed E-state index contributed by atoms with van der Waals surface area (Å²) in [4.78, 5) is 7.95. The molecule has 0 fully saturated rings. The smallest absolute Gasteiger partial charge is 0.224 e. The van der Waals surface area contributed by atoms with Gasteiger partial charge in [-0.05, 0) is 12.5 Å². The molecule has 0 unspecified atom stereocenters. The Morgan fingerprint density at radius 3 is 3.14 bits per heavy atom. The second-order valence-corrected chi connectivity index (χ2v) is 2.64. The quantitative estimate of drug-likeness (QED) is 0.731. The fraction of sp³-hybridized carbons (Fsp3) is 0.300. The molecule has 1 N–H and O–H groups in total. The summed E-state index contributed by atoms with van der Waals surface area (Å²) in [6.45, 7) is 2.76. The van der Waals surface area contributed by atoms with E-state index in [0.717, 1.165) is 6.42 Å². The molecule has 0 amide bonds. The molecule has 0 saturated carbocycles. The van der Waals surface area contributed by atoms with Crippen LogP contribution in [-0.4, -0.2) is 16.5 Å². The molecule has 14 heavy (non-hydrogen) atoms. The van der Waals surface area contributed by atoms with E-state index in [2.05, 4.69) is 28.3 Å². The van der Waals surface area contributed by atoms with Crippen LogP contribution in [0.15, 0.2) is 24.4 Å². The standard InChI is InChI=1S/C10H12N4/c1-2-3-4-6-12-10-13-7-5-9(8-11)14-10/h3-5,7H,2,6H2,1H3,(H,12,13,14)/b4-3+. The van der Waals surface area contributed by atoms with E-state index in [1.165, 1.54) is 0 Å². The molecule has 0 atom stereocenters. The second kappa shape index (κ2) is 5.70. The SMILES string of the molecule is CC/C=C/CNc1nccc(C#N)n1. The molecule has 1 aromatic heterocycles. The van der Waals surface area contributed by atoms with Crippen LogP contribution in [0.4, 0.5) is 5.95 Å². The van der Waals surface area contributed by atoms with Crippen LogP contribution in [-0.2, 0) is 0 Å². The molecular weight excluding hydrogens is 176 g/mol. The van der Waals surface area contributed by atoms with E-state index in [4.69, 9.17) is 5.26 Å². The van der Waals surface area contributed by atoms with E-state index in [9.17, 15) is 0 Å². The van der Waals surface area contributed by atoms with Gasteiger partial charge >= 0.3 is 0 Å². The van der Waals surface area contributed by atoms with E-state index in [-0.39, 0.29) is 0 Å². The summed E-state index contributed by atoms with van der Waals surface area (Å²) in [6.07, 6.45) is 6.64. The molecule has 0 bridgehead atoms. The normalized spacial score (nSPS) is 10.0. The van der Waals surface area contributed by atoms with Gasteiger partial charge in [-0.3, -0.25) is 0 Å². The van der Waals surface area contributed by atoms with Crippen molar-refractivity contribution in [3.8, 4) is 6.07 Å². The number of rotatable bonds is 4. The van der Waals surface area contributed by atoms with Gasteiger partial charge in [0.05, 0.1) is 0 Å². The van der Waals surface area contributed by atoms with Crippen molar-refractivity contribution in [2.45, 2.75) is 13.3 Å². The van der Waals surface area contributed by atoms with Crippen LogP contribution in [0.2, 0.25) is 0 Å². The van der Waals surface area contributed by atoms with E-state index >= 15 is 0 Å². The zero-order valence-corrected chi connectivity index (χ0v) is 8.07. The van der Waals surface area contributed by atoms with Crippen LogP contribution in [0.25, 0.3) is 0 Å². The summed E-state index contributed by atoms with van der Waals surface area (Å²) >= 11 is 0. The van der Waals surface area contributed by atoms with Crippen LogP contribution >= 0.6 is 0 Å². The first kappa shape index (κ1) is 10.2. The molecule has 0 aliphatic rings. The molecule has 0 radical (unpaired) electrons. The number of aromatic nitrogens is 2. The number of hydrogen-bond donors (Lipinski definition) is 1. The molecule has 0 aromatic carbocycles. The minimum Gasteiger partial charge on any atom is -0.351 e. The Morgan fingerprint density at radius 1 is 1.57 bits per heavy atom. The molecule has 1 heterocycles. The van der Waals surface area contributed by atoms with Gasteiger partial charge in [-0.2, -0.15) is 5.26 Å². The van der Waals surface area contributed by atoms with Gasteiger partial charge in [0.2, 0.25) is 5.95 Å². The highest BCUT2D eigenvalue weighted by atomic mass is 15.1. The zero-order valence-electron chi connectivity index (χ0n) is 8.07. The van der Waals surface area contributed by atoms with E-state index in [1.807, 2.05) is 12.1 Å². The Balaban J connectivity index is 2.51. The lowest BCUT2D eigenvalue weighted by atomic mass is 10.4. The second-order valence-electron chi connectivity index (χ2n) is 2.64. The predicted molar refractivity (Wildman–Crippen MR) is 54.7 cm³/mol. The maximum absolute atomic E-state index is 8.59. The number of allylic oxidation sites excluding steroid dienone is 1. The van der Waals surface area contributed by atoms with Crippen molar-refractivity contribution in [2.24, 2.45) is 0 Å². The topological polar surface area (TPSA) is 61.6 Å². The zero-order chi connectivity index (χ0) is 10.2. The first-order valence-electron chi connectivity index (χ1n) is 4.49. The van der Waals surface area contributed by atoms with Crippen LogP contribution in [0, 0.1) is 11.3 Å². The summed E-state index contributed by atoms with van der Waals surface area (Å²) in [5.74, 6) is 0.491. The first-order valence-corrected chi connectivity index (χ1v) is 4.49. The first-order chi connectivity index (χ1) is 6.86. The third kappa shape index (κ3) is 3.23. The fourth-order valence-corrected chi connectivity index (χ4v) is 0.906. The number of hydrogen-bond acceptors (Lipinski definition) is 4. The summed E-state index contributed by atoms with van der Waals surface area (Å²) in [5, 5.41) is 11.6. The van der Waals surface area contributed by atoms with Gasteiger partial charge in [-0.25, -0.2) is 9.97 Å². The highest BCUT2D eigenvalue weighted by Crippen LogP contribution is 1.98. The molecule has 1 rings (SSSR count).